The van der Waals surface area contributed by atoms with Crippen molar-refractivity contribution in [1.29, 1.82) is 0 Å². The zero-order chi connectivity index (χ0) is 4.99. The van der Waals surface area contributed by atoms with Crippen molar-refractivity contribution in [3.63, 3.8) is 0 Å². The van der Waals surface area contributed by atoms with Gasteiger partial charge in [-0.15, -0.1) is 0 Å². The van der Waals surface area contributed by atoms with E-state index >= 15 is 0 Å². The van der Waals surface area contributed by atoms with Crippen LogP contribution in [0.1, 0.15) is 0 Å². The van der Waals surface area contributed by atoms with Gasteiger partial charge in [-0.3, -0.25) is 4.46 Å². The first-order valence-corrected chi connectivity index (χ1v) is 2.76. The normalized spacial score (nSPS) is 7.00. The van der Waals surface area contributed by atoms with E-state index in [0.717, 1.165) is 0 Å². The van der Waals surface area contributed by atoms with Crippen LogP contribution < -0.4 is 0 Å². The van der Waals surface area contributed by atoms with E-state index in [9.17, 15) is 4.46 Å². The van der Waals surface area contributed by atoms with Crippen molar-refractivity contribution in [2.75, 3.05) is 0 Å². The van der Waals surface area contributed by atoms with Crippen LogP contribution in [0.15, 0.2) is 0 Å². The molecule has 0 saturated heterocycles. The minimum absolute atomic E-state index is 2.59. The predicted octanol–water partition coefficient (Wildman–Crippen LogP) is 0.743. The second-order valence-corrected chi connectivity index (χ2v) is 2.14. The highest BCUT2D eigenvalue weighted by Gasteiger charge is 2.06. The predicted molar refractivity (Wildman–Crippen MR) is 20.3 cm³/mol. The molecule has 0 rings (SSSR count). The third kappa shape index (κ3) is 2.44. The summed E-state index contributed by atoms with van der Waals surface area (Å²) in [5.74, 6) is 0. The first kappa shape index (κ1) is 6.20. The van der Waals surface area contributed by atoms with Gasteiger partial charge in [0.15, 0.2) is 0 Å². The fraction of sp³-hybridized carbons (Fsp3) is 0. The van der Waals surface area contributed by atoms with Crippen molar-refractivity contribution < 1.29 is 12.4 Å². The van der Waals surface area contributed by atoms with Gasteiger partial charge in [-0.1, -0.05) is 0 Å². The molecule has 0 aliphatic carbocycles. The lowest BCUT2D eigenvalue weighted by atomic mass is 15.8. The molecular formula is Cl2O3Si. The maximum Gasteiger partial charge on any atom is 0.806 e. The Balaban J connectivity index is 2.99. The Morgan fingerprint density at radius 2 is 1.67 bits per heavy atom. The largest absolute Gasteiger partial charge is 0.806 e. The van der Waals surface area contributed by atoms with E-state index in [1.165, 1.54) is 0 Å². The summed E-state index contributed by atoms with van der Waals surface area (Å²) in [6.07, 6.45) is 0. The van der Waals surface area contributed by atoms with Gasteiger partial charge < -0.3 is 7.96 Å². The highest BCUT2D eigenvalue weighted by Crippen LogP contribution is 1.83. The van der Waals surface area contributed by atoms with Crippen molar-refractivity contribution in [2.24, 2.45) is 0 Å². The van der Waals surface area contributed by atoms with Crippen molar-refractivity contribution in [3.05, 3.63) is 0 Å². The van der Waals surface area contributed by atoms with Crippen LogP contribution in [0, 0.1) is 0 Å². The lowest BCUT2D eigenvalue weighted by Crippen LogP contribution is -1.97. The summed E-state index contributed by atoms with van der Waals surface area (Å²) in [6, 6.07) is 0. The smallest absolute Gasteiger partial charge is 0.383 e. The topological polar surface area (TPSA) is 35.5 Å². The van der Waals surface area contributed by atoms with E-state index in [1.807, 2.05) is 0 Å². The molecule has 0 atom stereocenters. The van der Waals surface area contributed by atoms with Gasteiger partial charge in [0, 0.05) is 0 Å². The zero-order valence-electron chi connectivity index (χ0n) is 2.48. The van der Waals surface area contributed by atoms with Crippen LogP contribution in [0.3, 0.4) is 0 Å². The first-order chi connectivity index (χ1) is 2.81. The minimum atomic E-state index is -2.59. The molecule has 0 aromatic heterocycles. The number of hydrogen-bond donors (Lipinski definition) is 0. The zero-order valence-corrected chi connectivity index (χ0v) is 4.99. The molecule has 0 N–H and O–H groups in total. The van der Waals surface area contributed by atoms with Crippen LogP contribution in [0.4, 0.5) is 0 Å². The molecule has 0 spiro atoms. The summed E-state index contributed by atoms with van der Waals surface area (Å²) < 4.78 is 16.8. The summed E-state index contributed by atoms with van der Waals surface area (Å²) in [7, 11) is -2.59. The Labute approximate surface area is 46.0 Å². The molecule has 0 fully saturated rings. The van der Waals surface area contributed by atoms with Gasteiger partial charge in [-0.2, -0.15) is 0 Å². The Hall–Kier alpha value is 0.197. The van der Waals surface area contributed by atoms with Gasteiger partial charge in [-0.05, 0) is 0 Å². The van der Waals surface area contributed by atoms with E-state index in [4.69, 9.17) is 0 Å². The van der Waals surface area contributed by atoms with E-state index in [0.29, 0.717) is 0 Å². The SMILES string of the molecule is O=[Si](OCl)OCl. The number of halogens is 2. The van der Waals surface area contributed by atoms with Gasteiger partial charge in [0.1, 0.15) is 23.7 Å². The fourth-order valence-electron chi connectivity index (χ4n) is 0.0119. The quantitative estimate of drug-likeness (QED) is 0.540. The summed E-state index contributed by atoms with van der Waals surface area (Å²) in [4.78, 5) is 0. The van der Waals surface area contributed by atoms with Gasteiger partial charge in [-0.25, -0.2) is 0 Å². The summed E-state index contributed by atoms with van der Waals surface area (Å²) in [6.45, 7) is 0. The van der Waals surface area contributed by atoms with Crippen molar-refractivity contribution in [1.82, 2.24) is 0 Å². The molecule has 0 unspecified atom stereocenters. The third-order valence-electron chi connectivity index (χ3n) is 0.126. The molecule has 36 valence electrons. The number of hydrogen-bond acceptors (Lipinski definition) is 3. The second-order valence-electron chi connectivity index (χ2n) is 0.404. The Morgan fingerprint density at radius 3 is 1.67 bits per heavy atom. The Kier molecular flexibility index (Phi) is 3.50. The molecule has 0 heterocycles. The van der Waals surface area contributed by atoms with Crippen LogP contribution in [-0.4, -0.2) is 9.17 Å². The van der Waals surface area contributed by atoms with Crippen LogP contribution in [0.2, 0.25) is 0 Å². The molecule has 0 amide bonds. The van der Waals surface area contributed by atoms with E-state index in [-0.39, 0.29) is 0 Å². The highest BCUT2D eigenvalue weighted by atomic mass is 35.5. The lowest BCUT2D eigenvalue weighted by Gasteiger charge is -1.79. The van der Waals surface area contributed by atoms with Crippen molar-refractivity contribution >= 4 is 32.9 Å². The molecule has 0 aromatic carbocycles. The van der Waals surface area contributed by atoms with Gasteiger partial charge in [0.25, 0.3) is 0 Å². The molecule has 0 saturated carbocycles. The van der Waals surface area contributed by atoms with Crippen LogP contribution in [-0.2, 0) is 12.4 Å². The molecule has 0 radical (unpaired) electrons. The molecule has 3 nitrogen and oxygen atoms in total. The second kappa shape index (κ2) is 3.39. The van der Waals surface area contributed by atoms with Crippen molar-refractivity contribution in [3.8, 4) is 0 Å². The number of rotatable bonds is 2. The fourth-order valence-corrected chi connectivity index (χ4v) is 0.321. The molecule has 0 aliphatic rings. The Morgan fingerprint density at radius 1 is 1.33 bits per heavy atom. The molecule has 6 heteroatoms. The van der Waals surface area contributed by atoms with E-state index < -0.39 is 9.17 Å². The molecular weight excluding hydrogens is 147 g/mol. The van der Waals surface area contributed by atoms with Crippen molar-refractivity contribution in [2.45, 2.75) is 0 Å². The third-order valence-corrected chi connectivity index (χ3v) is 1.13. The first-order valence-electron chi connectivity index (χ1n) is 0.921. The minimum Gasteiger partial charge on any atom is -0.383 e. The maximum atomic E-state index is 9.66. The molecule has 0 aromatic rings. The summed E-state index contributed by atoms with van der Waals surface area (Å²) in [5, 5.41) is 0. The van der Waals surface area contributed by atoms with Gasteiger partial charge >= 0.3 is 9.17 Å². The highest BCUT2D eigenvalue weighted by molar-refractivity contribution is 6.41. The lowest BCUT2D eigenvalue weighted by molar-refractivity contribution is 0.375. The summed E-state index contributed by atoms with van der Waals surface area (Å²) >= 11 is 8.95. The summed E-state index contributed by atoms with van der Waals surface area (Å²) in [5.41, 5.74) is 0. The Bertz CT molecular complexity index is 46.8. The molecule has 0 aliphatic heterocycles. The average molecular weight is 147 g/mol. The monoisotopic (exact) mass is 146 g/mol. The van der Waals surface area contributed by atoms with Crippen LogP contribution in [0.5, 0.6) is 0 Å². The molecule has 6 heavy (non-hydrogen) atoms. The van der Waals surface area contributed by atoms with E-state index in [2.05, 4.69) is 31.7 Å². The standard InChI is InChI=1S/Cl2O3Si/c1-4-6(3)5-2. The van der Waals surface area contributed by atoms with E-state index in [1.54, 1.807) is 0 Å². The van der Waals surface area contributed by atoms with Gasteiger partial charge in [0.2, 0.25) is 0 Å². The van der Waals surface area contributed by atoms with Crippen LogP contribution in [0.25, 0.3) is 0 Å². The molecule has 0 bridgehead atoms. The van der Waals surface area contributed by atoms with Crippen LogP contribution >= 0.6 is 23.7 Å². The maximum absolute atomic E-state index is 9.66. The van der Waals surface area contributed by atoms with Gasteiger partial charge in [0.05, 0.1) is 0 Å². The average Bonchev–Trinajstić information content (AvgIpc) is 1.65.